The zero-order chi connectivity index (χ0) is 13.8. The molecule has 0 aliphatic carbocycles. The maximum atomic E-state index is 10.7. The summed E-state index contributed by atoms with van der Waals surface area (Å²) >= 11 is 0. The van der Waals surface area contributed by atoms with Crippen molar-refractivity contribution >= 4 is 22.4 Å². The minimum absolute atomic E-state index is 0.358. The van der Waals surface area contributed by atoms with Crippen LogP contribution in [0.3, 0.4) is 0 Å². The number of benzene rings is 1. The van der Waals surface area contributed by atoms with Crippen LogP contribution in [-0.2, 0) is 4.79 Å². The third-order valence-electron chi connectivity index (χ3n) is 2.90. The van der Waals surface area contributed by atoms with Gasteiger partial charge in [-0.15, -0.1) is 0 Å². The number of aliphatic carboxylic acids is 1. The van der Waals surface area contributed by atoms with Crippen LogP contribution in [0.5, 0.6) is 0 Å². The van der Waals surface area contributed by atoms with Crippen LogP contribution in [0, 0.1) is 17.2 Å². The van der Waals surface area contributed by atoms with Crippen LogP contribution in [0.25, 0.3) is 10.8 Å². The molecule has 0 unspecified atom stereocenters. The monoisotopic (exact) mass is 255 g/mol. The van der Waals surface area contributed by atoms with Crippen LogP contribution in [-0.4, -0.2) is 22.6 Å². The summed E-state index contributed by atoms with van der Waals surface area (Å²) in [6, 6.07) is 9.38. The minimum Gasteiger partial charge on any atom is -0.481 e. The summed E-state index contributed by atoms with van der Waals surface area (Å²) < 4.78 is 0. The number of carboxylic acids is 1. The normalized spacial score (nSPS) is 11.8. The van der Waals surface area contributed by atoms with Gasteiger partial charge in [-0.05, 0) is 29.7 Å². The van der Waals surface area contributed by atoms with E-state index in [-0.39, 0.29) is 0 Å². The van der Waals surface area contributed by atoms with E-state index < -0.39 is 11.9 Å². The maximum Gasteiger partial charge on any atom is 0.308 e. The number of rotatable bonds is 4. The highest BCUT2D eigenvalue weighted by atomic mass is 16.4. The Kier molecular flexibility index (Phi) is 3.62. The Morgan fingerprint density at radius 3 is 3.00 bits per heavy atom. The van der Waals surface area contributed by atoms with Gasteiger partial charge < -0.3 is 10.4 Å². The molecule has 1 aromatic carbocycles. The molecule has 0 saturated heterocycles. The van der Waals surface area contributed by atoms with E-state index in [2.05, 4.69) is 10.3 Å². The molecule has 2 aromatic rings. The number of pyridine rings is 1. The molecule has 2 rings (SSSR count). The van der Waals surface area contributed by atoms with E-state index in [0.717, 1.165) is 16.5 Å². The molecule has 0 amide bonds. The number of nitrogens with zero attached hydrogens (tertiary/aromatic N) is 2. The van der Waals surface area contributed by atoms with Gasteiger partial charge in [0.05, 0.1) is 5.92 Å². The quantitative estimate of drug-likeness (QED) is 0.875. The molecule has 0 spiro atoms. The lowest BCUT2D eigenvalue weighted by Crippen LogP contribution is -2.19. The smallest absolute Gasteiger partial charge is 0.308 e. The highest BCUT2D eigenvalue weighted by Gasteiger charge is 2.10. The van der Waals surface area contributed by atoms with Crippen molar-refractivity contribution in [2.75, 3.05) is 11.9 Å². The average molecular weight is 255 g/mol. The van der Waals surface area contributed by atoms with Gasteiger partial charge in [-0.3, -0.25) is 4.79 Å². The largest absolute Gasteiger partial charge is 0.481 e. The molecule has 1 aromatic heterocycles. The van der Waals surface area contributed by atoms with E-state index in [1.54, 1.807) is 13.1 Å². The summed E-state index contributed by atoms with van der Waals surface area (Å²) in [6.07, 6.45) is 1.59. The van der Waals surface area contributed by atoms with Gasteiger partial charge in [0.15, 0.2) is 0 Å². The summed E-state index contributed by atoms with van der Waals surface area (Å²) in [5, 5.41) is 22.5. The number of carbonyl (C=O) groups is 1. The Bertz CT molecular complexity index is 661. The Hall–Kier alpha value is -2.61. The number of hydrogen-bond acceptors (Lipinski definition) is 4. The second kappa shape index (κ2) is 5.36. The van der Waals surface area contributed by atoms with Crippen molar-refractivity contribution in [2.45, 2.75) is 6.92 Å². The number of carboxylic acid groups (broad SMARTS) is 1. The van der Waals surface area contributed by atoms with E-state index in [4.69, 9.17) is 10.4 Å². The Morgan fingerprint density at radius 1 is 1.53 bits per heavy atom. The van der Waals surface area contributed by atoms with Crippen LogP contribution in [0.1, 0.15) is 12.6 Å². The number of nitriles is 1. The average Bonchev–Trinajstić information content (AvgIpc) is 2.43. The molecule has 0 aliphatic rings. The summed E-state index contributed by atoms with van der Waals surface area (Å²) in [4.78, 5) is 14.7. The summed E-state index contributed by atoms with van der Waals surface area (Å²) in [7, 11) is 0. The summed E-state index contributed by atoms with van der Waals surface area (Å²) in [5.74, 6) is -1.29. The molecule has 1 heterocycles. The van der Waals surface area contributed by atoms with Gasteiger partial charge in [0.25, 0.3) is 0 Å². The third-order valence-corrected chi connectivity index (χ3v) is 2.90. The van der Waals surface area contributed by atoms with Crippen molar-refractivity contribution in [1.82, 2.24) is 4.98 Å². The van der Waals surface area contributed by atoms with Gasteiger partial charge in [-0.25, -0.2) is 4.98 Å². The number of aromatic nitrogens is 1. The molecule has 96 valence electrons. The van der Waals surface area contributed by atoms with Crippen molar-refractivity contribution in [1.29, 1.82) is 5.26 Å². The molecule has 1 atom stereocenters. The summed E-state index contributed by atoms with van der Waals surface area (Å²) in [6.45, 7) is 2.01. The molecule has 19 heavy (non-hydrogen) atoms. The van der Waals surface area contributed by atoms with Gasteiger partial charge >= 0.3 is 5.97 Å². The predicted octanol–water partition coefficient (Wildman–Crippen LogP) is 2.24. The fraction of sp³-hybridized carbons (Fsp3) is 0.214. The zero-order valence-electron chi connectivity index (χ0n) is 10.4. The molecule has 0 bridgehead atoms. The molecule has 0 aliphatic heterocycles. The molecule has 0 fully saturated rings. The highest BCUT2D eigenvalue weighted by molar-refractivity contribution is 5.89. The number of hydrogen-bond donors (Lipinski definition) is 2. The van der Waals surface area contributed by atoms with E-state index in [0.29, 0.717) is 12.2 Å². The van der Waals surface area contributed by atoms with E-state index in [9.17, 15) is 4.79 Å². The third kappa shape index (κ3) is 2.80. The van der Waals surface area contributed by atoms with Crippen molar-refractivity contribution in [3.63, 3.8) is 0 Å². The van der Waals surface area contributed by atoms with Crippen molar-refractivity contribution in [3.8, 4) is 6.07 Å². The van der Waals surface area contributed by atoms with Crippen molar-refractivity contribution in [2.24, 2.45) is 5.92 Å². The first-order valence-corrected chi connectivity index (χ1v) is 5.87. The Labute approximate surface area is 110 Å². The molecule has 0 radical (unpaired) electrons. The van der Waals surface area contributed by atoms with Crippen LogP contribution < -0.4 is 5.32 Å². The zero-order valence-corrected chi connectivity index (χ0v) is 10.4. The standard InChI is InChI=1S/C14H13N3O2/c1-9(14(18)19)8-17-11-2-3-12-10(6-11)4-5-16-13(12)7-15/h2-6,9,17H,8H2,1H3,(H,18,19)/t9-/m0/s1. The fourth-order valence-electron chi connectivity index (χ4n) is 1.74. The van der Waals surface area contributed by atoms with Crippen LogP contribution in [0.15, 0.2) is 30.5 Å². The first-order valence-electron chi connectivity index (χ1n) is 5.87. The summed E-state index contributed by atoms with van der Waals surface area (Å²) in [5.41, 5.74) is 1.22. The molecule has 0 saturated carbocycles. The Balaban J connectivity index is 2.23. The molecule has 2 N–H and O–H groups in total. The van der Waals surface area contributed by atoms with E-state index >= 15 is 0 Å². The van der Waals surface area contributed by atoms with Crippen LogP contribution in [0.2, 0.25) is 0 Å². The molecule has 5 nitrogen and oxygen atoms in total. The molecule has 5 heteroatoms. The van der Waals surface area contributed by atoms with Gasteiger partial charge in [0, 0.05) is 23.8 Å². The van der Waals surface area contributed by atoms with E-state index in [1.807, 2.05) is 30.3 Å². The van der Waals surface area contributed by atoms with Gasteiger partial charge in [0.2, 0.25) is 0 Å². The molecular weight excluding hydrogens is 242 g/mol. The number of fused-ring (bicyclic) bond motifs is 1. The lowest BCUT2D eigenvalue weighted by molar-refractivity contribution is -0.140. The number of anilines is 1. The van der Waals surface area contributed by atoms with Gasteiger partial charge in [-0.2, -0.15) is 5.26 Å². The van der Waals surface area contributed by atoms with E-state index in [1.165, 1.54) is 0 Å². The van der Waals surface area contributed by atoms with Crippen LogP contribution >= 0.6 is 0 Å². The second-order valence-corrected chi connectivity index (χ2v) is 4.33. The maximum absolute atomic E-state index is 10.7. The first kappa shape index (κ1) is 12.8. The SMILES string of the molecule is C[C@@H](CNc1ccc2c(C#N)nccc2c1)C(=O)O. The topological polar surface area (TPSA) is 86.0 Å². The minimum atomic E-state index is -0.829. The van der Waals surface area contributed by atoms with Crippen LogP contribution in [0.4, 0.5) is 5.69 Å². The lowest BCUT2D eigenvalue weighted by Gasteiger charge is -2.10. The Morgan fingerprint density at radius 2 is 2.32 bits per heavy atom. The van der Waals surface area contributed by atoms with Gasteiger partial charge in [0.1, 0.15) is 11.8 Å². The second-order valence-electron chi connectivity index (χ2n) is 4.33. The van der Waals surface area contributed by atoms with Crippen molar-refractivity contribution in [3.05, 3.63) is 36.2 Å². The van der Waals surface area contributed by atoms with Crippen molar-refractivity contribution < 1.29 is 9.90 Å². The number of nitrogens with one attached hydrogen (secondary N) is 1. The fourth-order valence-corrected chi connectivity index (χ4v) is 1.74. The highest BCUT2D eigenvalue weighted by Crippen LogP contribution is 2.21. The lowest BCUT2D eigenvalue weighted by atomic mass is 10.1. The molecular formula is C14H13N3O2. The predicted molar refractivity (Wildman–Crippen MR) is 71.7 cm³/mol. The first-order chi connectivity index (χ1) is 9.11. The van der Waals surface area contributed by atoms with Gasteiger partial charge in [-0.1, -0.05) is 6.92 Å².